The van der Waals surface area contributed by atoms with Crippen LogP contribution in [0.2, 0.25) is 0 Å². The summed E-state index contributed by atoms with van der Waals surface area (Å²) in [5, 5.41) is 0. The van der Waals surface area contributed by atoms with E-state index in [1.807, 2.05) is 35.2 Å². The van der Waals surface area contributed by atoms with Gasteiger partial charge in [0.25, 0.3) is 0 Å². The molecule has 0 unspecified atom stereocenters. The van der Waals surface area contributed by atoms with Crippen LogP contribution in [0.4, 0.5) is 0 Å². The van der Waals surface area contributed by atoms with E-state index >= 15 is 0 Å². The van der Waals surface area contributed by atoms with Crippen molar-refractivity contribution in [1.29, 1.82) is 0 Å². The number of aryl methyl sites for hydroxylation is 3. The molecule has 1 aromatic carbocycles. The van der Waals surface area contributed by atoms with Crippen molar-refractivity contribution in [3.63, 3.8) is 0 Å². The van der Waals surface area contributed by atoms with Gasteiger partial charge in [0, 0.05) is 57.3 Å². The number of benzene rings is 1. The van der Waals surface area contributed by atoms with E-state index < -0.39 is 0 Å². The number of hydrogen-bond acceptors (Lipinski definition) is 5. The lowest BCUT2D eigenvalue weighted by molar-refractivity contribution is -0.133. The van der Waals surface area contributed by atoms with Gasteiger partial charge in [0.2, 0.25) is 5.91 Å². The molecule has 0 bridgehead atoms. The Kier molecular flexibility index (Phi) is 5.96. The van der Waals surface area contributed by atoms with Crippen molar-refractivity contribution in [1.82, 2.24) is 24.2 Å². The van der Waals surface area contributed by atoms with E-state index in [1.54, 1.807) is 6.20 Å². The van der Waals surface area contributed by atoms with Gasteiger partial charge in [-0.15, -0.1) is 0 Å². The summed E-state index contributed by atoms with van der Waals surface area (Å²) in [5.74, 6) is 1.51. The Morgan fingerprint density at radius 3 is 2.64 bits per heavy atom. The van der Waals surface area contributed by atoms with E-state index in [9.17, 15) is 4.79 Å². The molecule has 170 valence electrons. The number of amides is 1. The van der Waals surface area contributed by atoms with E-state index in [1.165, 1.54) is 11.3 Å². The Bertz CT molecular complexity index is 1250. The first-order valence-corrected chi connectivity index (χ1v) is 11.5. The highest BCUT2D eigenvalue weighted by atomic mass is 16.4. The lowest BCUT2D eigenvalue weighted by Crippen LogP contribution is -2.48. The molecule has 0 saturated carbocycles. The quantitative estimate of drug-likeness (QED) is 0.452. The van der Waals surface area contributed by atoms with Crippen LogP contribution in [0.1, 0.15) is 29.3 Å². The Balaban J connectivity index is 1.13. The highest BCUT2D eigenvalue weighted by Crippen LogP contribution is 2.21. The Labute approximate surface area is 193 Å². The second-order valence-electron chi connectivity index (χ2n) is 8.72. The SMILES string of the molecule is Cc1ccn2c(CN3CCN(C(=O)CCc4ncc(-c5ccccc5)o4)CC3)c(C)nc2c1. The van der Waals surface area contributed by atoms with Gasteiger partial charge in [0.1, 0.15) is 5.65 Å². The van der Waals surface area contributed by atoms with Crippen molar-refractivity contribution in [3.8, 4) is 11.3 Å². The topological polar surface area (TPSA) is 66.9 Å². The van der Waals surface area contributed by atoms with Crippen LogP contribution < -0.4 is 0 Å². The summed E-state index contributed by atoms with van der Waals surface area (Å²) < 4.78 is 8.02. The molecule has 0 N–H and O–H groups in total. The number of piperazine rings is 1. The standard InChI is InChI=1S/C26H29N5O2/c1-19-10-11-31-22(20(2)28-24(31)16-19)18-29-12-14-30(15-13-29)26(32)9-8-25-27-17-23(33-25)21-6-4-3-5-7-21/h3-7,10-11,16-17H,8-9,12-15,18H2,1-2H3. The summed E-state index contributed by atoms with van der Waals surface area (Å²) in [6.07, 6.45) is 4.77. The minimum Gasteiger partial charge on any atom is -0.441 e. The third-order valence-electron chi connectivity index (χ3n) is 6.34. The zero-order valence-electron chi connectivity index (χ0n) is 19.2. The number of aromatic nitrogens is 3. The second kappa shape index (κ2) is 9.19. The second-order valence-corrected chi connectivity index (χ2v) is 8.72. The number of oxazole rings is 1. The van der Waals surface area contributed by atoms with Crippen molar-refractivity contribution < 1.29 is 9.21 Å². The highest BCUT2D eigenvalue weighted by Gasteiger charge is 2.23. The fourth-order valence-corrected chi connectivity index (χ4v) is 4.41. The molecular formula is C26H29N5O2. The lowest BCUT2D eigenvalue weighted by Gasteiger charge is -2.34. The molecule has 1 amide bonds. The Morgan fingerprint density at radius 1 is 1.06 bits per heavy atom. The molecule has 1 saturated heterocycles. The maximum absolute atomic E-state index is 12.8. The summed E-state index contributed by atoms with van der Waals surface area (Å²) in [7, 11) is 0. The van der Waals surface area contributed by atoms with Gasteiger partial charge in [0.15, 0.2) is 11.7 Å². The van der Waals surface area contributed by atoms with Gasteiger partial charge in [-0.05, 0) is 31.5 Å². The molecule has 0 radical (unpaired) electrons. The molecule has 0 aliphatic carbocycles. The average Bonchev–Trinajstić information content (AvgIpc) is 3.43. The average molecular weight is 444 g/mol. The fraction of sp³-hybridized carbons (Fsp3) is 0.346. The highest BCUT2D eigenvalue weighted by molar-refractivity contribution is 5.76. The number of hydrogen-bond donors (Lipinski definition) is 0. The predicted molar refractivity (Wildman–Crippen MR) is 127 cm³/mol. The molecule has 0 spiro atoms. The van der Waals surface area contributed by atoms with Gasteiger partial charge in [-0.25, -0.2) is 9.97 Å². The zero-order chi connectivity index (χ0) is 22.8. The van der Waals surface area contributed by atoms with Crippen molar-refractivity contribution >= 4 is 11.6 Å². The number of nitrogens with zero attached hydrogens (tertiary/aromatic N) is 5. The third-order valence-corrected chi connectivity index (χ3v) is 6.34. The van der Waals surface area contributed by atoms with Crippen LogP contribution >= 0.6 is 0 Å². The first kappa shape index (κ1) is 21.4. The Morgan fingerprint density at radius 2 is 1.85 bits per heavy atom. The van der Waals surface area contributed by atoms with E-state index in [0.29, 0.717) is 18.7 Å². The van der Waals surface area contributed by atoms with Crippen molar-refractivity contribution in [3.05, 3.63) is 77.7 Å². The van der Waals surface area contributed by atoms with E-state index in [2.05, 4.69) is 46.5 Å². The molecule has 4 aromatic rings. The number of rotatable bonds is 6. The normalized spacial score (nSPS) is 14.8. The van der Waals surface area contributed by atoms with Crippen LogP contribution in [-0.4, -0.2) is 56.3 Å². The molecule has 4 heterocycles. The van der Waals surface area contributed by atoms with E-state index in [-0.39, 0.29) is 5.91 Å². The fourth-order valence-electron chi connectivity index (χ4n) is 4.41. The molecule has 3 aromatic heterocycles. The molecule has 5 rings (SSSR count). The van der Waals surface area contributed by atoms with Crippen LogP contribution in [0.5, 0.6) is 0 Å². The van der Waals surface area contributed by atoms with E-state index in [0.717, 1.165) is 55.4 Å². The lowest BCUT2D eigenvalue weighted by atomic mass is 10.2. The van der Waals surface area contributed by atoms with Gasteiger partial charge < -0.3 is 13.7 Å². The molecule has 0 atom stereocenters. The van der Waals surface area contributed by atoms with Gasteiger partial charge >= 0.3 is 0 Å². The monoisotopic (exact) mass is 443 g/mol. The van der Waals surface area contributed by atoms with Gasteiger partial charge in [0.05, 0.1) is 17.6 Å². The number of fused-ring (bicyclic) bond motifs is 1. The minimum atomic E-state index is 0.163. The summed E-state index contributed by atoms with van der Waals surface area (Å²) in [5.41, 5.74) is 5.50. The van der Waals surface area contributed by atoms with Crippen LogP contribution in [-0.2, 0) is 17.8 Å². The Hall–Kier alpha value is -3.45. The summed E-state index contributed by atoms with van der Waals surface area (Å²) in [6.45, 7) is 8.22. The number of pyridine rings is 1. The van der Waals surface area contributed by atoms with Gasteiger partial charge in [-0.1, -0.05) is 30.3 Å². The van der Waals surface area contributed by atoms with E-state index in [4.69, 9.17) is 9.40 Å². The summed E-state index contributed by atoms with van der Waals surface area (Å²) >= 11 is 0. The predicted octanol–water partition coefficient (Wildman–Crippen LogP) is 3.88. The van der Waals surface area contributed by atoms with Crippen LogP contribution in [0.3, 0.4) is 0 Å². The van der Waals surface area contributed by atoms with Crippen molar-refractivity contribution in [2.24, 2.45) is 0 Å². The van der Waals surface area contributed by atoms with Crippen molar-refractivity contribution in [2.45, 2.75) is 33.2 Å². The maximum atomic E-state index is 12.8. The molecular weight excluding hydrogens is 414 g/mol. The third kappa shape index (κ3) is 4.68. The van der Waals surface area contributed by atoms with Crippen LogP contribution in [0.15, 0.2) is 59.3 Å². The van der Waals surface area contributed by atoms with Crippen molar-refractivity contribution in [2.75, 3.05) is 26.2 Å². The minimum absolute atomic E-state index is 0.163. The number of imidazole rings is 1. The summed E-state index contributed by atoms with van der Waals surface area (Å²) in [6, 6.07) is 14.1. The number of carbonyl (C=O) groups is 1. The van der Waals surface area contributed by atoms with Gasteiger partial charge in [-0.2, -0.15) is 0 Å². The first-order valence-electron chi connectivity index (χ1n) is 11.5. The van der Waals surface area contributed by atoms with Crippen LogP contribution in [0.25, 0.3) is 17.0 Å². The molecule has 7 heteroatoms. The first-order chi connectivity index (χ1) is 16.1. The molecule has 1 aliphatic heterocycles. The molecule has 7 nitrogen and oxygen atoms in total. The van der Waals surface area contributed by atoms with Gasteiger partial charge in [-0.3, -0.25) is 9.69 Å². The zero-order valence-corrected chi connectivity index (χ0v) is 19.2. The molecule has 1 aliphatic rings. The largest absolute Gasteiger partial charge is 0.441 e. The maximum Gasteiger partial charge on any atom is 0.223 e. The molecule has 33 heavy (non-hydrogen) atoms. The smallest absolute Gasteiger partial charge is 0.223 e. The number of carbonyl (C=O) groups excluding carboxylic acids is 1. The summed E-state index contributed by atoms with van der Waals surface area (Å²) in [4.78, 5) is 26.2. The molecule has 1 fully saturated rings. The van der Waals surface area contributed by atoms with Crippen LogP contribution in [0, 0.1) is 13.8 Å².